The first kappa shape index (κ1) is 18.1. The Morgan fingerprint density at radius 2 is 2.07 bits per heavy atom. The van der Waals surface area contributed by atoms with Gasteiger partial charge in [0.1, 0.15) is 22.2 Å². The molecule has 3 aromatic heterocycles. The van der Waals surface area contributed by atoms with Crippen LogP contribution in [0.25, 0.3) is 21.5 Å². The molecule has 7 heteroatoms. The highest BCUT2D eigenvalue weighted by molar-refractivity contribution is 7.17. The zero-order valence-corrected chi connectivity index (χ0v) is 16.9. The van der Waals surface area contributed by atoms with Crippen LogP contribution in [0.3, 0.4) is 0 Å². The van der Waals surface area contributed by atoms with Crippen LogP contribution in [0, 0.1) is 0 Å². The smallest absolute Gasteiger partial charge is 0.260 e. The Balaban J connectivity index is 1.41. The highest BCUT2D eigenvalue weighted by Gasteiger charge is 2.29. The molecule has 1 saturated carbocycles. The number of aromatic amines is 1. The summed E-state index contributed by atoms with van der Waals surface area (Å²) in [7, 11) is 1.67. The van der Waals surface area contributed by atoms with Gasteiger partial charge in [-0.15, -0.1) is 11.3 Å². The van der Waals surface area contributed by atoms with Gasteiger partial charge in [0.2, 0.25) is 0 Å². The van der Waals surface area contributed by atoms with Gasteiger partial charge in [0.15, 0.2) is 0 Å². The normalized spacial score (nSPS) is 14.0. The lowest BCUT2D eigenvalue weighted by Crippen LogP contribution is -2.27. The van der Waals surface area contributed by atoms with E-state index in [4.69, 9.17) is 14.1 Å². The number of ether oxygens (including phenoxy) is 1. The van der Waals surface area contributed by atoms with E-state index in [2.05, 4.69) is 22.0 Å². The van der Waals surface area contributed by atoms with Crippen molar-refractivity contribution >= 4 is 21.6 Å². The Morgan fingerprint density at radius 1 is 1.24 bits per heavy atom. The van der Waals surface area contributed by atoms with Crippen molar-refractivity contribution in [2.75, 3.05) is 7.11 Å². The van der Waals surface area contributed by atoms with Gasteiger partial charge in [0.25, 0.3) is 5.56 Å². The number of hydrogen-bond donors (Lipinski definition) is 1. The molecule has 4 aromatic rings. The Hall–Kier alpha value is -2.90. The fraction of sp³-hybridized carbons (Fsp3) is 0.273. The summed E-state index contributed by atoms with van der Waals surface area (Å²) in [6.45, 7) is 1.44. The molecule has 0 aliphatic heterocycles. The average Bonchev–Trinajstić information content (AvgIpc) is 3.26. The lowest BCUT2D eigenvalue weighted by atomic mass is 10.2. The summed E-state index contributed by atoms with van der Waals surface area (Å²) in [4.78, 5) is 23.7. The summed E-state index contributed by atoms with van der Waals surface area (Å²) in [6, 6.07) is 12.4. The largest absolute Gasteiger partial charge is 0.497 e. The van der Waals surface area contributed by atoms with E-state index in [9.17, 15) is 4.79 Å². The maximum atomic E-state index is 12.8. The van der Waals surface area contributed by atoms with Crippen LogP contribution in [0.15, 0.2) is 57.3 Å². The first-order valence-corrected chi connectivity index (χ1v) is 10.5. The summed E-state index contributed by atoms with van der Waals surface area (Å²) < 4.78 is 10.7. The first-order chi connectivity index (χ1) is 14.2. The number of nitrogens with zero attached hydrogens (tertiary/aromatic N) is 2. The second kappa shape index (κ2) is 7.50. The molecule has 1 fully saturated rings. The van der Waals surface area contributed by atoms with Crippen molar-refractivity contribution in [1.29, 1.82) is 0 Å². The van der Waals surface area contributed by atoms with Gasteiger partial charge in [-0.2, -0.15) is 0 Å². The minimum Gasteiger partial charge on any atom is -0.497 e. The number of methoxy groups -OCH3 is 1. The Morgan fingerprint density at radius 3 is 2.76 bits per heavy atom. The van der Waals surface area contributed by atoms with Crippen LogP contribution < -0.4 is 10.3 Å². The van der Waals surface area contributed by atoms with Crippen molar-refractivity contribution in [3.05, 3.63) is 69.8 Å². The molecular formula is C22H21N3O3S. The fourth-order valence-electron chi connectivity index (χ4n) is 3.59. The number of aromatic nitrogens is 2. The molecule has 6 nitrogen and oxygen atoms in total. The summed E-state index contributed by atoms with van der Waals surface area (Å²) in [6.07, 6.45) is 3.98. The second-order valence-corrected chi connectivity index (χ2v) is 8.16. The van der Waals surface area contributed by atoms with Crippen LogP contribution in [0.5, 0.6) is 5.75 Å². The van der Waals surface area contributed by atoms with Crippen molar-refractivity contribution in [3.63, 3.8) is 0 Å². The molecule has 0 saturated heterocycles. The van der Waals surface area contributed by atoms with Crippen LogP contribution in [0.2, 0.25) is 0 Å². The molecule has 1 N–H and O–H groups in total. The number of thiophene rings is 1. The Labute approximate surface area is 171 Å². The van der Waals surface area contributed by atoms with Gasteiger partial charge in [-0.1, -0.05) is 12.1 Å². The maximum absolute atomic E-state index is 12.8. The van der Waals surface area contributed by atoms with Crippen LogP contribution in [-0.4, -0.2) is 28.0 Å². The van der Waals surface area contributed by atoms with E-state index in [0.717, 1.165) is 22.7 Å². The van der Waals surface area contributed by atoms with Crippen molar-refractivity contribution in [3.8, 4) is 17.1 Å². The Kier molecular flexibility index (Phi) is 4.69. The monoisotopic (exact) mass is 407 g/mol. The molecule has 0 amide bonds. The van der Waals surface area contributed by atoms with Crippen molar-refractivity contribution in [1.82, 2.24) is 14.9 Å². The van der Waals surface area contributed by atoms with E-state index in [-0.39, 0.29) is 5.56 Å². The van der Waals surface area contributed by atoms with E-state index in [1.54, 1.807) is 13.4 Å². The third-order valence-corrected chi connectivity index (χ3v) is 6.11. The van der Waals surface area contributed by atoms with E-state index < -0.39 is 0 Å². The number of benzene rings is 1. The fourth-order valence-corrected chi connectivity index (χ4v) is 4.54. The zero-order valence-electron chi connectivity index (χ0n) is 16.1. The van der Waals surface area contributed by atoms with Crippen LogP contribution in [0.1, 0.15) is 24.2 Å². The standard InChI is InChI=1S/C22H21N3O3S/c1-27-16-8-4-14(5-9-16)11-25(15-6-7-15)12-19-23-21(26)20-17(13-29-22(20)24-19)18-3-2-10-28-18/h2-5,8-10,13,15H,6-7,11-12H2,1H3,(H,23,24,26). The topological polar surface area (TPSA) is 71.4 Å². The Bertz CT molecular complexity index is 1170. The van der Waals surface area contributed by atoms with E-state index in [0.29, 0.717) is 29.6 Å². The molecule has 1 aromatic carbocycles. The van der Waals surface area contributed by atoms with Crippen molar-refractivity contribution < 1.29 is 9.15 Å². The number of furan rings is 1. The maximum Gasteiger partial charge on any atom is 0.260 e. The van der Waals surface area contributed by atoms with Crippen LogP contribution in [-0.2, 0) is 13.1 Å². The molecule has 5 rings (SSSR count). The number of rotatable bonds is 7. The minimum atomic E-state index is -0.113. The predicted octanol–water partition coefficient (Wildman–Crippen LogP) is 4.42. The number of fused-ring (bicyclic) bond motifs is 1. The molecule has 1 aliphatic rings. The number of H-pyrrole nitrogens is 1. The summed E-state index contributed by atoms with van der Waals surface area (Å²) in [5, 5.41) is 2.53. The molecule has 0 radical (unpaired) electrons. The van der Waals surface area contributed by atoms with Gasteiger partial charge < -0.3 is 14.1 Å². The van der Waals surface area contributed by atoms with E-state index in [1.165, 1.54) is 29.7 Å². The minimum absolute atomic E-state index is 0.113. The van der Waals surface area contributed by atoms with E-state index in [1.807, 2.05) is 29.6 Å². The molecule has 0 unspecified atom stereocenters. The number of hydrogen-bond acceptors (Lipinski definition) is 6. The molecular weight excluding hydrogens is 386 g/mol. The SMILES string of the molecule is COc1ccc(CN(Cc2nc3scc(-c4ccco4)c3c(=O)[nH]2)C2CC2)cc1. The summed E-state index contributed by atoms with van der Waals surface area (Å²) in [5.74, 6) is 2.25. The zero-order chi connectivity index (χ0) is 19.8. The third kappa shape index (κ3) is 3.71. The molecule has 3 heterocycles. The highest BCUT2D eigenvalue weighted by atomic mass is 32.1. The second-order valence-electron chi connectivity index (χ2n) is 7.30. The molecule has 0 spiro atoms. The van der Waals surface area contributed by atoms with Gasteiger partial charge in [0, 0.05) is 23.5 Å². The first-order valence-electron chi connectivity index (χ1n) is 9.62. The van der Waals surface area contributed by atoms with Crippen molar-refractivity contribution in [2.24, 2.45) is 0 Å². The van der Waals surface area contributed by atoms with Gasteiger partial charge in [0.05, 0.1) is 25.3 Å². The summed E-state index contributed by atoms with van der Waals surface area (Å²) >= 11 is 1.48. The lowest BCUT2D eigenvalue weighted by Gasteiger charge is -2.21. The molecule has 0 atom stereocenters. The van der Waals surface area contributed by atoms with E-state index >= 15 is 0 Å². The van der Waals surface area contributed by atoms with Gasteiger partial charge >= 0.3 is 0 Å². The van der Waals surface area contributed by atoms with Crippen LogP contribution >= 0.6 is 11.3 Å². The number of nitrogens with one attached hydrogen (secondary N) is 1. The van der Waals surface area contributed by atoms with Gasteiger partial charge in [-0.05, 0) is 42.7 Å². The molecule has 1 aliphatic carbocycles. The van der Waals surface area contributed by atoms with Gasteiger partial charge in [-0.3, -0.25) is 9.69 Å². The predicted molar refractivity (Wildman–Crippen MR) is 113 cm³/mol. The molecule has 29 heavy (non-hydrogen) atoms. The summed E-state index contributed by atoms with van der Waals surface area (Å²) in [5.41, 5.74) is 1.91. The lowest BCUT2D eigenvalue weighted by molar-refractivity contribution is 0.239. The quantitative estimate of drug-likeness (QED) is 0.491. The van der Waals surface area contributed by atoms with Crippen molar-refractivity contribution in [2.45, 2.75) is 32.0 Å². The van der Waals surface area contributed by atoms with Gasteiger partial charge in [-0.25, -0.2) is 4.98 Å². The highest BCUT2D eigenvalue weighted by Crippen LogP contribution is 2.32. The third-order valence-electron chi connectivity index (χ3n) is 5.24. The molecule has 0 bridgehead atoms. The average molecular weight is 407 g/mol. The van der Waals surface area contributed by atoms with Crippen LogP contribution in [0.4, 0.5) is 0 Å². The molecule has 148 valence electrons.